The maximum Gasteiger partial charge on any atom is 5.00 e. The van der Waals surface area contributed by atoms with E-state index >= 15 is 0 Å². The van der Waals surface area contributed by atoms with Crippen LogP contribution in [0.3, 0.4) is 0 Å². The minimum absolute atomic E-state index is 0. The minimum Gasteiger partial charge on any atom is -2.00 e. The van der Waals surface area contributed by atoms with Crippen LogP contribution in [0.2, 0.25) is 0 Å². The third-order valence-electron chi connectivity index (χ3n) is 3.85. The van der Waals surface area contributed by atoms with Gasteiger partial charge in [-0.15, -0.1) is 0 Å². The first-order valence-electron chi connectivity index (χ1n) is 8.00. The minimum atomic E-state index is -6.09. The van der Waals surface area contributed by atoms with Gasteiger partial charge in [0.25, 0.3) is 0 Å². The molecule has 29 heavy (non-hydrogen) atoms. The van der Waals surface area contributed by atoms with Crippen LogP contribution in [0, 0.1) is 0 Å². The fraction of sp³-hybridized carbons (Fsp3) is 0.667. The van der Waals surface area contributed by atoms with Gasteiger partial charge in [-0.25, -0.2) is 8.42 Å². The Hall–Kier alpha value is -0.831. The molecule has 0 amide bonds. The summed E-state index contributed by atoms with van der Waals surface area (Å²) < 4.78 is 58.9. The molecule has 0 aromatic carbocycles. The van der Waals surface area contributed by atoms with E-state index < -0.39 is 15.6 Å². The van der Waals surface area contributed by atoms with Gasteiger partial charge >= 0.3 is 22.6 Å². The van der Waals surface area contributed by atoms with Gasteiger partial charge < -0.3 is 25.3 Å². The Labute approximate surface area is 179 Å². The van der Waals surface area contributed by atoms with Crippen LogP contribution < -0.4 is 0 Å². The van der Waals surface area contributed by atoms with Crippen LogP contribution in [0.4, 0.5) is 13.2 Å². The van der Waals surface area contributed by atoms with Crippen molar-refractivity contribution in [3.8, 4) is 0 Å². The van der Waals surface area contributed by atoms with Crippen molar-refractivity contribution in [2.75, 3.05) is 53.4 Å². The summed E-state index contributed by atoms with van der Waals surface area (Å²) in [7, 11) is -1.68. The van der Waals surface area contributed by atoms with Crippen molar-refractivity contribution in [3.63, 3.8) is 0 Å². The number of aromatic nitrogens is 1. The van der Waals surface area contributed by atoms with Gasteiger partial charge in [-0.1, -0.05) is 6.07 Å². The number of alkyl halides is 3. The fourth-order valence-corrected chi connectivity index (χ4v) is 2.18. The van der Waals surface area contributed by atoms with Gasteiger partial charge in [0, 0.05) is 52.0 Å². The number of halogens is 3. The third kappa shape index (κ3) is 13.9. The molecule has 1 aliphatic rings. The van der Waals surface area contributed by atoms with Crippen molar-refractivity contribution in [2.45, 2.75) is 12.1 Å². The van der Waals surface area contributed by atoms with Crippen molar-refractivity contribution in [1.29, 1.82) is 0 Å². The maximum absolute atomic E-state index is 10.7. The van der Waals surface area contributed by atoms with Crippen LogP contribution in [0.1, 0.15) is 5.69 Å². The average Bonchev–Trinajstić information content (AvgIpc) is 2.61. The van der Waals surface area contributed by atoms with Crippen LogP contribution in [-0.2, 0) is 39.2 Å². The standard InChI is InChI=1S/C14H24N4.CHF3O3S.Fe.H2O.O/c1-16-7-8-17(2)10-12-18(11-9-16)13-14-5-3-4-6-15-14;2-1(3,4)8(5,6)7;;;/h3-6H,7-13H2,1-2H3;(H,5,6,7);;1H2;/q;;+5;;-2/p-2/i;;;;1+2. The van der Waals surface area contributed by atoms with Crippen LogP contribution in [-0.4, -0.2) is 97.0 Å². The van der Waals surface area contributed by atoms with Gasteiger partial charge in [0.1, 0.15) is 0 Å². The second-order valence-electron chi connectivity index (χ2n) is 6.10. The molecule has 1 aliphatic heterocycles. The van der Waals surface area contributed by atoms with Crippen molar-refractivity contribution < 1.29 is 54.2 Å². The van der Waals surface area contributed by atoms with Gasteiger partial charge in [-0.2, -0.15) is 13.2 Å². The Kier molecular flexibility index (Phi) is 17.0. The zero-order chi connectivity index (χ0) is 19.8. The summed E-state index contributed by atoms with van der Waals surface area (Å²) in [6.45, 7) is 7.81. The first kappa shape index (κ1) is 32.8. The summed E-state index contributed by atoms with van der Waals surface area (Å²) in [5.74, 6) is 0. The molecular weight excluding hydrogens is 463 g/mol. The Bertz CT molecular complexity index is 627. The van der Waals surface area contributed by atoms with E-state index in [1.54, 1.807) is 0 Å². The molecule has 0 spiro atoms. The average molecular weight is 488 g/mol. The van der Waals surface area contributed by atoms with E-state index in [1.807, 2.05) is 12.3 Å². The molecule has 0 bridgehead atoms. The molecule has 14 heteroatoms. The molecule has 2 rings (SSSR count). The van der Waals surface area contributed by atoms with E-state index in [2.05, 4.69) is 45.9 Å². The number of pyridine rings is 1. The monoisotopic (exact) mass is 488 g/mol. The molecule has 0 aliphatic carbocycles. The maximum atomic E-state index is 10.7. The summed E-state index contributed by atoms with van der Waals surface area (Å²) in [6, 6.07) is 6.15. The zero-order valence-electron chi connectivity index (χ0n) is 16.0. The zero-order valence-corrected chi connectivity index (χ0v) is 17.9. The Morgan fingerprint density at radius 1 is 1.03 bits per heavy atom. The number of hydrogen-bond donors (Lipinski definition) is 0. The number of likely N-dealkylation sites (N-methyl/N-ethyl adjacent to an activating group) is 2. The van der Waals surface area contributed by atoms with Crippen LogP contribution in [0.5, 0.6) is 0 Å². The Balaban J connectivity index is -0.000000536. The van der Waals surface area contributed by atoms with E-state index in [1.165, 1.54) is 5.69 Å². The normalized spacial score (nSPS) is 17.0. The molecule has 1 N–H and O–H groups in total. The van der Waals surface area contributed by atoms with Crippen LogP contribution >= 0.6 is 0 Å². The SMILES string of the molecule is CN1CCN(C)CCN(Cc2ccccn2)CC1.O=S(=O)([O-])C(F)(F)F.[18O-2].[Fe+5].[OH-]. The first-order chi connectivity index (χ1) is 12.0. The summed E-state index contributed by atoms with van der Waals surface area (Å²) >= 11 is 0. The van der Waals surface area contributed by atoms with E-state index in [-0.39, 0.29) is 28.0 Å². The van der Waals surface area contributed by atoms with Gasteiger partial charge in [-0.05, 0) is 26.2 Å². The quantitative estimate of drug-likeness (QED) is 0.254. The fourth-order valence-electron chi connectivity index (χ4n) is 2.18. The molecule has 1 fully saturated rings. The van der Waals surface area contributed by atoms with Crippen LogP contribution in [0.15, 0.2) is 24.4 Å². The largest absolute Gasteiger partial charge is 5.00 e. The summed E-state index contributed by atoms with van der Waals surface area (Å²) in [5.41, 5.74) is -4.48. The third-order valence-corrected chi connectivity index (χ3v) is 4.42. The van der Waals surface area contributed by atoms with Gasteiger partial charge in [0.2, 0.25) is 0 Å². The predicted octanol–water partition coefficient (Wildman–Crippen LogP) is 0.514. The molecule has 169 valence electrons. The molecule has 0 atom stereocenters. The summed E-state index contributed by atoms with van der Waals surface area (Å²) in [4.78, 5) is 11.7. The molecule has 1 aromatic rings. The van der Waals surface area contributed by atoms with Crippen molar-refractivity contribution in [2.24, 2.45) is 0 Å². The molecular formula is C15H25F3FeN4O5S+. The molecule has 1 aromatic heterocycles. The molecule has 9 nitrogen and oxygen atoms in total. The number of nitrogens with zero attached hydrogens (tertiary/aromatic N) is 4. The van der Waals surface area contributed by atoms with Gasteiger partial charge in [0.15, 0.2) is 10.1 Å². The predicted molar refractivity (Wildman–Crippen MR) is 92.9 cm³/mol. The van der Waals surface area contributed by atoms with E-state index in [4.69, 9.17) is 13.0 Å². The van der Waals surface area contributed by atoms with Gasteiger partial charge in [0.05, 0.1) is 5.69 Å². The van der Waals surface area contributed by atoms with Crippen molar-refractivity contribution >= 4 is 10.1 Å². The molecule has 0 saturated carbocycles. The molecule has 1 saturated heterocycles. The smallest absolute Gasteiger partial charge is 2.00 e. The van der Waals surface area contributed by atoms with Crippen LogP contribution in [0.25, 0.3) is 0 Å². The molecule has 2 heterocycles. The second kappa shape index (κ2) is 15.0. The molecule has 1 radical (unpaired) electrons. The van der Waals surface area contributed by atoms with E-state index in [9.17, 15) is 13.2 Å². The molecule has 0 unspecified atom stereocenters. The number of rotatable bonds is 2. The first-order valence-corrected chi connectivity index (χ1v) is 9.41. The number of hydrogen-bond acceptors (Lipinski definition) is 8. The summed E-state index contributed by atoms with van der Waals surface area (Å²) in [6.07, 6.45) is 1.88. The van der Waals surface area contributed by atoms with Crippen molar-refractivity contribution in [3.05, 3.63) is 30.1 Å². The van der Waals surface area contributed by atoms with Crippen molar-refractivity contribution in [1.82, 2.24) is 19.7 Å². The summed E-state index contributed by atoms with van der Waals surface area (Å²) in [5, 5.41) is 0. The van der Waals surface area contributed by atoms with E-state index in [0.29, 0.717) is 0 Å². The Morgan fingerprint density at radius 2 is 1.45 bits per heavy atom. The van der Waals surface area contributed by atoms with Gasteiger partial charge in [-0.3, -0.25) is 9.88 Å². The Morgan fingerprint density at radius 3 is 1.79 bits per heavy atom. The topological polar surface area (TPSA) is 138 Å². The second-order valence-corrected chi connectivity index (χ2v) is 7.47. The van der Waals surface area contributed by atoms with E-state index in [0.717, 1.165) is 45.8 Å².